The Balaban J connectivity index is 2.00. The first-order valence-electron chi connectivity index (χ1n) is 7.87. The molecule has 1 atom stereocenters. The number of benzene rings is 1. The molecule has 1 heterocycles. The van der Waals surface area contributed by atoms with E-state index in [1.165, 1.54) is 10.4 Å². The highest BCUT2D eigenvalue weighted by molar-refractivity contribution is 7.89. The standard InChI is InChI=1S/C16H23FN2O3S/c1-3-9-23(21,22)19-8-4-5-15(19)16(20)18-11-13-7-6-12(2)14(17)10-13/h6-7,10,15H,3-5,8-9,11H2,1-2H3,(H,18,20). The molecule has 23 heavy (non-hydrogen) atoms. The molecule has 1 fully saturated rings. The van der Waals surface area contributed by atoms with Gasteiger partial charge in [-0.1, -0.05) is 19.1 Å². The molecule has 2 rings (SSSR count). The molecular weight excluding hydrogens is 319 g/mol. The van der Waals surface area contributed by atoms with Gasteiger partial charge in [0.25, 0.3) is 0 Å². The maximum Gasteiger partial charge on any atom is 0.238 e. The molecule has 128 valence electrons. The van der Waals surface area contributed by atoms with Crippen molar-refractivity contribution in [1.82, 2.24) is 9.62 Å². The van der Waals surface area contributed by atoms with Gasteiger partial charge in [-0.25, -0.2) is 12.8 Å². The second-order valence-electron chi connectivity index (χ2n) is 5.89. The molecule has 1 amide bonds. The molecule has 0 saturated carbocycles. The number of halogens is 1. The van der Waals surface area contributed by atoms with Crippen molar-refractivity contribution in [2.45, 2.75) is 45.7 Å². The summed E-state index contributed by atoms with van der Waals surface area (Å²) in [6.45, 7) is 4.05. The predicted octanol–water partition coefficient (Wildman–Crippen LogP) is 1.95. The minimum absolute atomic E-state index is 0.0555. The van der Waals surface area contributed by atoms with Crippen molar-refractivity contribution < 1.29 is 17.6 Å². The summed E-state index contributed by atoms with van der Waals surface area (Å²) in [6, 6.07) is 4.14. The van der Waals surface area contributed by atoms with Gasteiger partial charge in [-0.15, -0.1) is 0 Å². The molecule has 0 bridgehead atoms. The SMILES string of the molecule is CCCS(=O)(=O)N1CCCC1C(=O)NCc1ccc(C)c(F)c1. The summed E-state index contributed by atoms with van der Waals surface area (Å²) in [7, 11) is -3.39. The molecule has 5 nitrogen and oxygen atoms in total. The van der Waals surface area contributed by atoms with Crippen molar-refractivity contribution in [2.24, 2.45) is 0 Å². The molecule has 1 unspecified atom stereocenters. The highest BCUT2D eigenvalue weighted by Crippen LogP contribution is 2.22. The Morgan fingerprint density at radius 1 is 1.43 bits per heavy atom. The lowest BCUT2D eigenvalue weighted by Crippen LogP contribution is -2.46. The van der Waals surface area contributed by atoms with Gasteiger partial charge < -0.3 is 5.32 Å². The number of carbonyl (C=O) groups excluding carboxylic acids is 1. The van der Waals surface area contributed by atoms with Crippen molar-refractivity contribution in [3.63, 3.8) is 0 Å². The lowest BCUT2D eigenvalue weighted by Gasteiger charge is -2.23. The van der Waals surface area contributed by atoms with Gasteiger partial charge in [0.1, 0.15) is 11.9 Å². The molecule has 1 aromatic carbocycles. The largest absolute Gasteiger partial charge is 0.351 e. The summed E-state index contributed by atoms with van der Waals surface area (Å²) in [6.07, 6.45) is 1.73. The van der Waals surface area contributed by atoms with Crippen molar-refractivity contribution in [1.29, 1.82) is 0 Å². The minimum atomic E-state index is -3.39. The van der Waals surface area contributed by atoms with Crippen LogP contribution in [0.2, 0.25) is 0 Å². The Labute approximate surface area is 136 Å². The van der Waals surface area contributed by atoms with Gasteiger partial charge >= 0.3 is 0 Å². The number of sulfonamides is 1. The van der Waals surface area contributed by atoms with E-state index >= 15 is 0 Å². The number of hydrogen-bond donors (Lipinski definition) is 1. The quantitative estimate of drug-likeness (QED) is 0.859. The second kappa shape index (κ2) is 7.40. The summed E-state index contributed by atoms with van der Waals surface area (Å²) >= 11 is 0. The first kappa shape index (κ1) is 17.9. The van der Waals surface area contributed by atoms with Gasteiger partial charge in [0, 0.05) is 13.1 Å². The third-order valence-corrected chi connectivity index (χ3v) is 6.10. The molecule has 0 radical (unpaired) electrons. The fourth-order valence-corrected chi connectivity index (χ4v) is 4.51. The van der Waals surface area contributed by atoms with Crippen LogP contribution in [0.4, 0.5) is 4.39 Å². The smallest absolute Gasteiger partial charge is 0.238 e. The number of amides is 1. The van der Waals surface area contributed by atoms with E-state index in [1.54, 1.807) is 26.0 Å². The summed E-state index contributed by atoms with van der Waals surface area (Å²) in [4.78, 5) is 12.3. The monoisotopic (exact) mass is 342 g/mol. The van der Waals surface area contributed by atoms with E-state index in [0.29, 0.717) is 36.9 Å². The third-order valence-electron chi connectivity index (χ3n) is 4.03. The highest BCUT2D eigenvalue weighted by Gasteiger charge is 2.37. The van der Waals surface area contributed by atoms with Crippen molar-refractivity contribution >= 4 is 15.9 Å². The molecule has 1 aromatic rings. The number of rotatable bonds is 6. The van der Waals surface area contributed by atoms with Gasteiger partial charge in [0.2, 0.25) is 15.9 Å². The van der Waals surface area contributed by atoms with E-state index in [0.717, 1.165) is 0 Å². The van der Waals surface area contributed by atoms with E-state index in [-0.39, 0.29) is 24.0 Å². The van der Waals surface area contributed by atoms with Gasteiger partial charge in [0.15, 0.2) is 0 Å². The van der Waals surface area contributed by atoms with Gasteiger partial charge in [0.05, 0.1) is 5.75 Å². The molecule has 0 aliphatic carbocycles. The number of aryl methyl sites for hydroxylation is 1. The Bertz CT molecular complexity index is 676. The van der Waals surface area contributed by atoms with Crippen LogP contribution in [-0.2, 0) is 21.4 Å². The van der Waals surface area contributed by atoms with E-state index in [1.807, 2.05) is 0 Å². The fraction of sp³-hybridized carbons (Fsp3) is 0.562. The average Bonchev–Trinajstić information content (AvgIpc) is 2.98. The Morgan fingerprint density at radius 2 is 2.17 bits per heavy atom. The van der Waals surface area contributed by atoms with Crippen molar-refractivity contribution in [2.75, 3.05) is 12.3 Å². The zero-order valence-electron chi connectivity index (χ0n) is 13.5. The second-order valence-corrected chi connectivity index (χ2v) is 7.93. The number of nitrogens with one attached hydrogen (secondary N) is 1. The lowest BCUT2D eigenvalue weighted by atomic mass is 10.1. The van der Waals surface area contributed by atoms with E-state index in [2.05, 4.69) is 5.32 Å². The molecule has 0 spiro atoms. The fourth-order valence-electron chi connectivity index (χ4n) is 2.76. The molecule has 7 heteroatoms. The first-order valence-corrected chi connectivity index (χ1v) is 9.48. The van der Waals surface area contributed by atoms with Crippen LogP contribution < -0.4 is 5.32 Å². The maximum absolute atomic E-state index is 13.5. The van der Waals surface area contributed by atoms with Crippen LogP contribution in [0, 0.1) is 12.7 Å². The molecule has 0 aromatic heterocycles. The number of carbonyl (C=O) groups is 1. The highest BCUT2D eigenvalue weighted by atomic mass is 32.2. The maximum atomic E-state index is 13.5. The Morgan fingerprint density at radius 3 is 2.83 bits per heavy atom. The van der Waals surface area contributed by atoms with Crippen LogP contribution in [0.5, 0.6) is 0 Å². The molecule has 1 aliphatic rings. The third kappa shape index (κ3) is 4.29. The van der Waals surface area contributed by atoms with Crippen LogP contribution in [0.3, 0.4) is 0 Å². The molecule has 1 aliphatic heterocycles. The van der Waals surface area contributed by atoms with E-state index < -0.39 is 16.1 Å². The average molecular weight is 342 g/mol. The Kier molecular flexibility index (Phi) is 5.75. The van der Waals surface area contributed by atoms with Crippen molar-refractivity contribution in [3.05, 3.63) is 35.1 Å². The van der Waals surface area contributed by atoms with Gasteiger partial charge in [-0.3, -0.25) is 4.79 Å². The molecule has 1 N–H and O–H groups in total. The first-order chi connectivity index (χ1) is 10.8. The number of nitrogens with zero attached hydrogens (tertiary/aromatic N) is 1. The van der Waals surface area contributed by atoms with Crippen molar-refractivity contribution in [3.8, 4) is 0 Å². The number of hydrogen-bond acceptors (Lipinski definition) is 3. The minimum Gasteiger partial charge on any atom is -0.351 e. The van der Waals surface area contributed by atoms with Gasteiger partial charge in [-0.2, -0.15) is 4.31 Å². The zero-order chi connectivity index (χ0) is 17.0. The van der Waals surface area contributed by atoms with Crippen LogP contribution in [0.15, 0.2) is 18.2 Å². The van der Waals surface area contributed by atoms with Crippen LogP contribution in [0.1, 0.15) is 37.3 Å². The normalized spacial score (nSPS) is 19.0. The zero-order valence-corrected chi connectivity index (χ0v) is 14.3. The summed E-state index contributed by atoms with van der Waals surface area (Å²) in [5.41, 5.74) is 1.20. The lowest BCUT2D eigenvalue weighted by molar-refractivity contribution is -0.124. The topological polar surface area (TPSA) is 66.5 Å². The summed E-state index contributed by atoms with van der Waals surface area (Å²) < 4.78 is 39.2. The Hall–Kier alpha value is -1.47. The van der Waals surface area contributed by atoms with Crippen LogP contribution in [0.25, 0.3) is 0 Å². The van der Waals surface area contributed by atoms with E-state index in [4.69, 9.17) is 0 Å². The summed E-state index contributed by atoms with van der Waals surface area (Å²) in [5, 5.41) is 2.72. The summed E-state index contributed by atoms with van der Waals surface area (Å²) in [5.74, 6) is -0.576. The predicted molar refractivity (Wildman–Crippen MR) is 86.8 cm³/mol. The van der Waals surface area contributed by atoms with Crippen LogP contribution >= 0.6 is 0 Å². The van der Waals surface area contributed by atoms with Gasteiger partial charge in [-0.05, 0) is 43.4 Å². The molecule has 1 saturated heterocycles. The van der Waals surface area contributed by atoms with E-state index in [9.17, 15) is 17.6 Å². The molecular formula is C16H23FN2O3S. The van der Waals surface area contributed by atoms with Crippen LogP contribution in [-0.4, -0.2) is 37.0 Å².